The molecule has 27 heavy (non-hydrogen) atoms. The van der Waals surface area contributed by atoms with Crippen LogP contribution < -0.4 is 15.0 Å². The van der Waals surface area contributed by atoms with E-state index in [0.29, 0.717) is 17.1 Å². The van der Waals surface area contributed by atoms with Gasteiger partial charge in [0.1, 0.15) is 5.75 Å². The maximum absolute atomic E-state index is 12.0. The van der Waals surface area contributed by atoms with Crippen LogP contribution in [0.15, 0.2) is 48.5 Å². The number of ether oxygens (including phenoxy) is 1. The first-order chi connectivity index (χ1) is 12.9. The van der Waals surface area contributed by atoms with E-state index in [1.165, 1.54) is 4.90 Å². The van der Waals surface area contributed by atoms with E-state index in [0.717, 1.165) is 5.56 Å². The average Bonchev–Trinajstić information content (AvgIpc) is 3.02. The van der Waals surface area contributed by atoms with Crippen LogP contribution in [0.1, 0.15) is 12.0 Å². The molecule has 0 aromatic heterocycles. The van der Waals surface area contributed by atoms with E-state index in [2.05, 4.69) is 5.32 Å². The molecule has 2 aromatic carbocycles. The average molecular weight is 368 g/mol. The summed E-state index contributed by atoms with van der Waals surface area (Å²) < 4.78 is 5.46. The highest BCUT2D eigenvalue weighted by atomic mass is 16.5. The lowest BCUT2D eigenvalue weighted by Crippen LogP contribution is -2.25. The Bertz CT molecular complexity index is 863. The Kier molecular flexibility index (Phi) is 5.40. The number of benzene rings is 2. The van der Waals surface area contributed by atoms with Gasteiger partial charge >= 0.3 is 5.97 Å². The lowest BCUT2D eigenvalue weighted by Gasteiger charge is -2.16. The zero-order valence-corrected chi connectivity index (χ0v) is 14.8. The molecule has 7 nitrogen and oxygen atoms in total. The van der Waals surface area contributed by atoms with Gasteiger partial charge in [0, 0.05) is 24.3 Å². The summed E-state index contributed by atoms with van der Waals surface area (Å²) in [6.07, 6.45) is 0.00666. The van der Waals surface area contributed by atoms with Crippen molar-refractivity contribution in [3.05, 3.63) is 54.1 Å². The SMILES string of the molecule is Cc1cccc(NC(=O)COc2ccc(N3C[C@@H](C(=O)O)CC3=O)cc2)c1. The molecule has 2 aromatic rings. The van der Waals surface area contributed by atoms with Gasteiger partial charge in [-0.15, -0.1) is 0 Å². The summed E-state index contributed by atoms with van der Waals surface area (Å²) in [5.41, 5.74) is 2.37. The van der Waals surface area contributed by atoms with Crippen molar-refractivity contribution in [2.24, 2.45) is 5.92 Å². The van der Waals surface area contributed by atoms with E-state index in [-0.39, 0.29) is 31.4 Å². The standard InChI is InChI=1S/C20H20N2O5/c1-13-3-2-4-15(9-13)21-18(23)12-27-17-7-5-16(6-8-17)22-11-14(20(25)26)10-19(22)24/h2-9,14H,10-12H2,1H3,(H,21,23)(H,25,26)/t14-/m0/s1. The molecule has 2 N–H and O–H groups in total. The predicted molar refractivity (Wildman–Crippen MR) is 99.8 cm³/mol. The van der Waals surface area contributed by atoms with Gasteiger partial charge in [0.25, 0.3) is 5.91 Å². The summed E-state index contributed by atoms with van der Waals surface area (Å²) in [6, 6.07) is 14.1. The van der Waals surface area contributed by atoms with Crippen molar-refractivity contribution < 1.29 is 24.2 Å². The molecule has 0 unspecified atom stereocenters. The monoisotopic (exact) mass is 368 g/mol. The predicted octanol–water partition coefficient (Wildman–Crippen LogP) is 2.45. The molecule has 0 radical (unpaired) electrons. The van der Waals surface area contributed by atoms with Gasteiger partial charge in [-0.2, -0.15) is 0 Å². The van der Waals surface area contributed by atoms with Crippen LogP contribution in [-0.2, 0) is 14.4 Å². The van der Waals surface area contributed by atoms with Crippen LogP contribution >= 0.6 is 0 Å². The third-order valence-corrected chi connectivity index (χ3v) is 4.29. The number of carboxylic acid groups (broad SMARTS) is 1. The van der Waals surface area contributed by atoms with Crippen molar-refractivity contribution in [1.82, 2.24) is 0 Å². The minimum atomic E-state index is -0.967. The number of nitrogens with one attached hydrogen (secondary N) is 1. The van der Waals surface area contributed by atoms with Crippen molar-refractivity contribution in [3.63, 3.8) is 0 Å². The van der Waals surface area contributed by atoms with Crippen molar-refractivity contribution in [2.45, 2.75) is 13.3 Å². The van der Waals surface area contributed by atoms with Crippen LogP contribution in [0.2, 0.25) is 0 Å². The quantitative estimate of drug-likeness (QED) is 0.816. The molecule has 1 aliphatic rings. The van der Waals surface area contributed by atoms with Crippen molar-refractivity contribution in [1.29, 1.82) is 0 Å². The number of carboxylic acids is 1. The van der Waals surface area contributed by atoms with Gasteiger partial charge in [-0.05, 0) is 48.9 Å². The van der Waals surface area contributed by atoms with Crippen LogP contribution in [0.4, 0.5) is 11.4 Å². The van der Waals surface area contributed by atoms with E-state index in [9.17, 15) is 14.4 Å². The maximum Gasteiger partial charge on any atom is 0.308 e. The van der Waals surface area contributed by atoms with Gasteiger partial charge in [0.15, 0.2) is 6.61 Å². The Morgan fingerprint density at radius 3 is 2.59 bits per heavy atom. The lowest BCUT2D eigenvalue weighted by molar-refractivity contribution is -0.141. The van der Waals surface area contributed by atoms with Crippen LogP contribution in [0.25, 0.3) is 0 Å². The number of hydrogen-bond donors (Lipinski definition) is 2. The highest BCUT2D eigenvalue weighted by molar-refractivity contribution is 5.99. The summed E-state index contributed by atoms with van der Waals surface area (Å²) in [6.45, 7) is 1.96. The van der Waals surface area contributed by atoms with Gasteiger partial charge in [-0.3, -0.25) is 14.4 Å². The largest absolute Gasteiger partial charge is 0.484 e. The minimum Gasteiger partial charge on any atom is -0.484 e. The number of aliphatic carboxylic acids is 1. The number of carbonyl (C=O) groups is 3. The summed E-state index contributed by atoms with van der Waals surface area (Å²) >= 11 is 0. The van der Waals surface area contributed by atoms with Crippen molar-refractivity contribution in [3.8, 4) is 5.75 Å². The lowest BCUT2D eigenvalue weighted by atomic mass is 10.1. The fraction of sp³-hybridized carbons (Fsp3) is 0.250. The third kappa shape index (κ3) is 4.63. The first-order valence-corrected chi connectivity index (χ1v) is 8.55. The number of rotatable bonds is 6. The Balaban J connectivity index is 1.54. The first-order valence-electron chi connectivity index (χ1n) is 8.55. The second-order valence-electron chi connectivity index (χ2n) is 6.44. The Morgan fingerprint density at radius 1 is 1.22 bits per heavy atom. The molecule has 0 saturated carbocycles. The first kappa shape index (κ1) is 18.4. The van der Waals surface area contributed by atoms with Gasteiger partial charge in [-0.25, -0.2) is 0 Å². The zero-order valence-electron chi connectivity index (χ0n) is 14.8. The molecule has 1 heterocycles. The number of anilines is 2. The van der Waals surface area contributed by atoms with E-state index >= 15 is 0 Å². The van der Waals surface area contributed by atoms with E-state index in [1.54, 1.807) is 30.3 Å². The van der Waals surface area contributed by atoms with Gasteiger partial charge in [0.05, 0.1) is 5.92 Å². The number of hydrogen-bond acceptors (Lipinski definition) is 4. The molecule has 0 bridgehead atoms. The topological polar surface area (TPSA) is 95.9 Å². The van der Waals surface area contributed by atoms with Crippen molar-refractivity contribution >= 4 is 29.2 Å². The second kappa shape index (κ2) is 7.90. The summed E-state index contributed by atoms with van der Waals surface area (Å²) in [7, 11) is 0. The molecule has 140 valence electrons. The Hall–Kier alpha value is -3.35. The molecule has 7 heteroatoms. The maximum atomic E-state index is 12.0. The molecule has 2 amide bonds. The van der Waals surface area contributed by atoms with Gasteiger partial charge in [0.2, 0.25) is 5.91 Å². The van der Waals surface area contributed by atoms with E-state index < -0.39 is 11.9 Å². The van der Waals surface area contributed by atoms with Crippen molar-refractivity contribution in [2.75, 3.05) is 23.4 Å². The number of nitrogens with zero attached hydrogens (tertiary/aromatic N) is 1. The van der Waals surface area contributed by atoms with Gasteiger partial charge in [-0.1, -0.05) is 12.1 Å². The van der Waals surface area contributed by atoms with Gasteiger partial charge < -0.3 is 20.1 Å². The zero-order chi connectivity index (χ0) is 19.4. The Morgan fingerprint density at radius 2 is 1.96 bits per heavy atom. The highest BCUT2D eigenvalue weighted by Gasteiger charge is 2.34. The molecule has 1 fully saturated rings. The smallest absolute Gasteiger partial charge is 0.308 e. The van der Waals surface area contributed by atoms with Crippen LogP contribution in [0, 0.1) is 12.8 Å². The molecular formula is C20H20N2O5. The summed E-state index contributed by atoms with van der Waals surface area (Å²) in [5, 5.41) is 11.8. The number of amides is 2. The highest BCUT2D eigenvalue weighted by Crippen LogP contribution is 2.27. The molecule has 0 spiro atoms. The Labute approximate surface area is 156 Å². The normalized spacial score (nSPS) is 16.3. The fourth-order valence-corrected chi connectivity index (χ4v) is 2.91. The third-order valence-electron chi connectivity index (χ3n) is 4.29. The fourth-order valence-electron chi connectivity index (χ4n) is 2.91. The summed E-state index contributed by atoms with van der Waals surface area (Å²) in [4.78, 5) is 36.4. The van der Waals surface area contributed by atoms with Crippen LogP contribution in [0.5, 0.6) is 5.75 Å². The molecule has 1 aliphatic heterocycles. The molecule has 0 aliphatic carbocycles. The van der Waals surface area contributed by atoms with Crippen LogP contribution in [0.3, 0.4) is 0 Å². The summed E-state index contributed by atoms with van der Waals surface area (Å²) in [5.74, 6) is -1.65. The molecule has 1 atom stereocenters. The van der Waals surface area contributed by atoms with E-state index in [1.807, 2.05) is 25.1 Å². The molecule has 3 rings (SSSR count). The molecular weight excluding hydrogens is 348 g/mol. The van der Waals surface area contributed by atoms with Crippen LogP contribution in [-0.4, -0.2) is 36.0 Å². The number of aryl methyl sites for hydroxylation is 1. The van der Waals surface area contributed by atoms with E-state index in [4.69, 9.17) is 9.84 Å². The molecule has 1 saturated heterocycles. The minimum absolute atomic E-state index is 0.00666. The number of carbonyl (C=O) groups excluding carboxylic acids is 2. The second-order valence-corrected chi connectivity index (χ2v) is 6.44.